The average Bonchev–Trinajstić information content (AvgIpc) is 3.07. The molecule has 7 heteroatoms. The van der Waals surface area contributed by atoms with Crippen molar-refractivity contribution in [3.05, 3.63) is 42.0 Å². The van der Waals surface area contributed by atoms with Crippen LogP contribution in [0.4, 0.5) is 10.5 Å². The van der Waals surface area contributed by atoms with E-state index in [2.05, 4.69) is 20.7 Å². The van der Waals surface area contributed by atoms with Crippen LogP contribution >= 0.6 is 0 Å². The molecule has 116 valence electrons. The molecule has 22 heavy (non-hydrogen) atoms. The summed E-state index contributed by atoms with van der Waals surface area (Å²) < 4.78 is 7.46. The number of urea groups is 1. The SMILES string of the molecule is Cc1cc(NC(=O)N[C@H]2CCO[C@@H]2c2cnn(C)c2)ccn1. The van der Waals surface area contributed by atoms with Crippen LogP contribution in [0, 0.1) is 6.92 Å². The van der Waals surface area contributed by atoms with E-state index in [-0.39, 0.29) is 18.2 Å². The van der Waals surface area contributed by atoms with E-state index >= 15 is 0 Å². The maximum absolute atomic E-state index is 12.1. The van der Waals surface area contributed by atoms with E-state index in [1.807, 2.05) is 26.2 Å². The van der Waals surface area contributed by atoms with E-state index in [1.54, 1.807) is 23.1 Å². The standard InChI is InChI=1S/C15H19N5O2/c1-10-7-12(3-5-16-10)18-15(21)19-13-4-6-22-14(13)11-8-17-20(2)9-11/h3,5,7-9,13-14H,4,6H2,1-2H3,(H2,16,18,19,21)/t13-,14+/m0/s1. The van der Waals surface area contributed by atoms with Crippen LogP contribution in [0.2, 0.25) is 0 Å². The van der Waals surface area contributed by atoms with Crippen molar-refractivity contribution in [3.8, 4) is 0 Å². The molecule has 2 amide bonds. The van der Waals surface area contributed by atoms with Crippen molar-refractivity contribution in [1.29, 1.82) is 0 Å². The Bertz CT molecular complexity index is 669. The van der Waals surface area contributed by atoms with Crippen molar-refractivity contribution in [2.24, 2.45) is 7.05 Å². The summed E-state index contributed by atoms with van der Waals surface area (Å²) in [5, 5.41) is 9.95. The minimum absolute atomic E-state index is 0.0628. The van der Waals surface area contributed by atoms with Gasteiger partial charge in [-0.3, -0.25) is 9.67 Å². The molecule has 1 aliphatic rings. The largest absolute Gasteiger partial charge is 0.371 e. The van der Waals surface area contributed by atoms with Gasteiger partial charge < -0.3 is 15.4 Å². The predicted molar refractivity (Wildman–Crippen MR) is 81.4 cm³/mol. The van der Waals surface area contributed by atoms with Crippen LogP contribution in [0.1, 0.15) is 23.8 Å². The normalized spacial score (nSPS) is 20.8. The molecule has 0 saturated carbocycles. The van der Waals surface area contributed by atoms with Gasteiger partial charge in [-0.15, -0.1) is 0 Å². The van der Waals surface area contributed by atoms with Crippen LogP contribution in [0.25, 0.3) is 0 Å². The monoisotopic (exact) mass is 301 g/mol. The van der Waals surface area contributed by atoms with Crippen molar-refractivity contribution in [2.45, 2.75) is 25.5 Å². The van der Waals surface area contributed by atoms with E-state index in [9.17, 15) is 4.79 Å². The molecule has 2 aromatic rings. The van der Waals surface area contributed by atoms with E-state index < -0.39 is 0 Å². The number of hydrogen-bond acceptors (Lipinski definition) is 4. The fourth-order valence-electron chi connectivity index (χ4n) is 2.61. The second-order valence-electron chi connectivity index (χ2n) is 5.42. The molecule has 0 aliphatic carbocycles. The predicted octanol–water partition coefficient (Wildman–Crippen LogP) is 1.78. The highest BCUT2D eigenvalue weighted by molar-refractivity contribution is 5.89. The molecule has 2 N–H and O–H groups in total. The Kier molecular flexibility index (Phi) is 4.06. The topological polar surface area (TPSA) is 81.1 Å². The van der Waals surface area contributed by atoms with E-state index in [1.165, 1.54) is 0 Å². The third-order valence-electron chi connectivity index (χ3n) is 3.62. The van der Waals surface area contributed by atoms with Crippen LogP contribution in [0.15, 0.2) is 30.7 Å². The summed E-state index contributed by atoms with van der Waals surface area (Å²) in [4.78, 5) is 16.2. The first-order valence-corrected chi connectivity index (χ1v) is 7.22. The highest BCUT2D eigenvalue weighted by Crippen LogP contribution is 2.28. The minimum Gasteiger partial charge on any atom is -0.371 e. The zero-order valence-corrected chi connectivity index (χ0v) is 12.6. The lowest BCUT2D eigenvalue weighted by atomic mass is 10.1. The van der Waals surface area contributed by atoms with Crippen molar-refractivity contribution in [1.82, 2.24) is 20.1 Å². The van der Waals surface area contributed by atoms with Gasteiger partial charge in [0.15, 0.2) is 0 Å². The lowest BCUT2D eigenvalue weighted by molar-refractivity contribution is 0.100. The summed E-state index contributed by atoms with van der Waals surface area (Å²) >= 11 is 0. The van der Waals surface area contributed by atoms with Gasteiger partial charge in [-0.25, -0.2) is 4.79 Å². The molecule has 0 radical (unpaired) electrons. The third kappa shape index (κ3) is 3.25. The molecule has 3 heterocycles. The lowest BCUT2D eigenvalue weighted by Crippen LogP contribution is -2.39. The zero-order chi connectivity index (χ0) is 15.5. The number of carbonyl (C=O) groups is 1. The number of nitrogens with zero attached hydrogens (tertiary/aromatic N) is 3. The molecule has 0 bridgehead atoms. The van der Waals surface area contributed by atoms with Crippen molar-refractivity contribution < 1.29 is 9.53 Å². The maximum atomic E-state index is 12.1. The molecular weight excluding hydrogens is 282 g/mol. The Hall–Kier alpha value is -2.41. The minimum atomic E-state index is -0.241. The number of aromatic nitrogens is 3. The molecular formula is C15H19N5O2. The Morgan fingerprint density at radius 2 is 2.36 bits per heavy atom. The smallest absolute Gasteiger partial charge is 0.319 e. The Balaban J connectivity index is 1.63. The number of ether oxygens (including phenoxy) is 1. The van der Waals surface area contributed by atoms with E-state index in [0.717, 1.165) is 23.4 Å². The number of hydrogen-bond donors (Lipinski definition) is 2. The van der Waals surface area contributed by atoms with Gasteiger partial charge >= 0.3 is 6.03 Å². The summed E-state index contributed by atoms with van der Waals surface area (Å²) in [6.07, 6.45) is 5.98. The highest BCUT2D eigenvalue weighted by Gasteiger charge is 2.31. The highest BCUT2D eigenvalue weighted by atomic mass is 16.5. The number of amides is 2. The van der Waals surface area contributed by atoms with Gasteiger partial charge in [0, 0.05) is 43.0 Å². The molecule has 1 aliphatic heterocycles. The van der Waals surface area contributed by atoms with Crippen LogP contribution in [0.3, 0.4) is 0 Å². The van der Waals surface area contributed by atoms with Crippen LogP contribution in [0.5, 0.6) is 0 Å². The molecule has 0 unspecified atom stereocenters. The van der Waals surface area contributed by atoms with Crippen LogP contribution in [-0.2, 0) is 11.8 Å². The quantitative estimate of drug-likeness (QED) is 0.905. The van der Waals surface area contributed by atoms with E-state index in [4.69, 9.17) is 4.74 Å². The molecule has 1 saturated heterocycles. The second-order valence-corrected chi connectivity index (χ2v) is 5.42. The van der Waals surface area contributed by atoms with Gasteiger partial charge in [0.2, 0.25) is 0 Å². The average molecular weight is 301 g/mol. The molecule has 1 fully saturated rings. The molecule has 3 rings (SSSR count). The fourth-order valence-corrected chi connectivity index (χ4v) is 2.61. The van der Waals surface area contributed by atoms with Crippen LogP contribution < -0.4 is 10.6 Å². The van der Waals surface area contributed by atoms with Gasteiger partial charge in [-0.1, -0.05) is 0 Å². The summed E-state index contributed by atoms with van der Waals surface area (Å²) in [6, 6.07) is 3.28. The van der Waals surface area contributed by atoms with E-state index in [0.29, 0.717) is 6.61 Å². The van der Waals surface area contributed by atoms with Gasteiger partial charge in [-0.2, -0.15) is 5.10 Å². The van der Waals surface area contributed by atoms with Gasteiger partial charge in [-0.05, 0) is 25.5 Å². The molecule has 0 aromatic carbocycles. The van der Waals surface area contributed by atoms with Crippen LogP contribution in [-0.4, -0.2) is 33.4 Å². The van der Waals surface area contributed by atoms with Crippen molar-refractivity contribution in [2.75, 3.05) is 11.9 Å². The third-order valence-corrected chi connectivity index (χ3v) is 3.62. The number of rotatable bonds is 3. The summed E-state index contributed by atoms with van der Waals surface area (Å²) in [6.45, 7) is 2.51. The Morgan fingerprint density at radius 1 is 1.50 bits per heavy atom. The first kappa shape index (κ1) is 14.5. The fraction of sp³-hybridized carbons (Fsp3) is 0.400. The molecule has 0 spiro atoms. The first-order chi connectivity index (χ1) is 10.6. The Morgan fingerprint density at radius 3 is 3.09 bits per heavy atom. The van der Waals surface area contributed by atoms with Gasteiger partial charge in [0.1, 0.15) is 6.10 Å². The van der Waals surface area contributed by atoms with Crippen molar-refractivity contribution >= 4 is 11.7 Å². The van der Waals surface area contributed by atoms with Gasteiger partial charge in [0.05, 0.1) is 12.2 Å². The molecule has 2 atom stereocenters. The number of carbonyl (C=O) groups excluding carboxylic acids is 1. The number of anilines is 1. The Labute approximate surface area is 128 Å². The lowest BCUT2D eigenvalue weighted by Gasteiger charge is -2.19. The molecule has 7 nitrogen and oxygen atoms in total. The maximum Gasteiger partial charge on any atom is 0.319 e. The summed E-state index contributed by atoms with van der Waals surface area (Å²) in [7, 11) is 1.86. The first-order valence-electron chi connectivity index (χ1n) is 7.22. The molecule has 2 aromatic heterocycles. The number of nitrogens with one attached hydrogen (secondary N) is 2. The summed E-state index contributed by atoms with van der Waals surface area (Å²) in [5.74, 6) is 0. The van der Waals surface area contributed by atoms with Crippen molar-refractivity contribution in [3.63, 3.8) is 0 Å². The number of pyridine rings is 1. The second kappa shape index (κ2) is 6.15. The number of aryl methyl sites for hydroxylation is 2. The van der Waals surface area contributed by atoms with Gasteiger partial charge in [0.25, 0.3) is 0 Å². The zero-order valence-electron chi connectivity index (χ0n) is 12.6. The summed E-state index contributed by atoms with van der Waals surface area (Å²) in [5.41, 5.74) is 2.56.